The molecule has 0 aliphatic carbocycles. The second kappa shape index (κ2) is 12.4. The molecule has 0 aliphatic rings. The molecule has 2 atom stereocenters. The Hall–Kier alpha value is -3.84. The highest BCUT2D eigenvalue weighted by molar-refractivity contribution is 6.31. The van der Waals surface area contributed by atoms with E-state index in [2.05, 4.69) is 10.6 Å². The number of alkyl carbamates (subject to hydrolysis) is 1. The van der Waals surface area contributed by atoms with Gasteiger partial charge in [-0.05, 0) is 22.8 Å². The first-order valence-corrected chi connectivity index (χ1v) is 11.1. The number of hydrogen-bond acceptors (Lipinski definition) is 4. The van der Waals surface area contributed by atoms with Crippen LogP contribution >= 0.6 is 11.6 Å². The summed E-state index contributed by atoms with van der Waals surface area (Å²) in [5.74, 6) is -1.27. The van der Waals surface area contributed by atoms with Gasteiger partial charge in [-0.2, -0.15) is 0 Å². The summed E-state index contributed by atoms with van der Waals surface area (Å²) in [6, 6.07) is 23.4. The lowest BCUT2D eigenvalue weighted by Gasteiger charge is -2.22. The standard InChI is InChI=1S/C26H26ClN3O4/c27-21-14-8-7-13-20(21)16-22(24(28)31)29-25(32)23(15-18-9-3-1-4-10-18)30-26(33)34-17-19-11-5-2-6-12-19/h1-14,22-23H,15-17H2,(H2,28,31)(H,29,32)(H,30,33)/t22-,23-/m0/s1. The molecule has 0 saturated heterocycles. The third-order valence-corrected chi connectivity index (χ3v) is 5.51. The third-order valence-electron chi connectivity index (χ3n) is 5.15. The summed E-state index contributed by atoms with van der Waals surface area (Å²) in [6.07, 6.45) is -0.427. The lowest BCUT2D eigenvalue weighted by Crippen LogP contribution is -2.54. The van der Waals surface area contributed by atoms with Crippen molar-refractivity contribution < 1.29 is 19.1 Å². The van der Waals surface area contributed by atoms with Crippen LogP contribution < -0.4 is 16.4 Å². The van der Waals surface area contributed by atoms with Crippen molar-refractivity contribution in [3.8, 4) is 0 Å². The van der Waals surface area contributed by atoms with Gasteiger partial charge in [-0.3, -0.25) is 9.59 Å². The molecule has 0 fully saturated rings. The monoisotopic (exact) mass is 479 g/mol. The van der Waals surface area contributed by atoms with Gasteiger partial charge in [0.05, 0.1) is 0 Å². The van der Waals surface area contributed by atoms with Gasteiger partial charge in [0, 0.05) is 17.9 Å². The SMILES string of the molecule is NC(=O)[C@H](Cc1ccccc1Cl)NC(=O)[C@H](Cc1ccccc1)NC(=O)OCc1ccccc1. The maximum absolute atomic E-state index is 13.1. The van der Waals surface area contributed by atoms with Gasteiger partial charge < -0.3 is 21.1 Å². The van der Waals surface area contributed by atoms with Gasteiger partial charge in [-0.1, -0.05) is 90.5 Å². The largest absolute Gasteiger partial charge is 0.445 e. The number of carbonyl (C=O) groups excluding carboxylic acids is 3. The van der Waals surface area contributed by atoms with Crippen molar-refractivity contribution in [2.75, 3.05) is 0 Å². The van der Waals surface area contributed by atoms with Gasteiger partial charge in [-0.15, -0.1) is 0 Å². The molecule has 0 bridgehead atoms. The first kappa shape index (κ1) is 24.8. The van der Waals surface area contributed by atoms with Crippen LogP contribution in [-0.2, 0) is 33.8 Å². The van der Waals surface area contributed by atoms with E-state index in [-0.39, 0.29) is 19.4 Å². The minimum absolute atomic E-state index is 0.0583. The average molecular weight is 480 g/mol. The van der Waals surface area contributed by atoms with E-state index in [1.807, 2.05) is 60.7 Å². The maximum Gasteiger partial charge on any atom is 0.408 e. The van der Waals surface area contributed by atoms with Gasteiger partial charge in [0.1, 0.15) is 18.7 Å². The molecule has 0 unspecified atom stereocenters. The quantitative estimate of drug-likeness (QED) is 0.414. The fourth-order valence-corrected chi connectivity index (χ4v) is 3.56. The smallest absolute Gasteiger partial charge is 0.408 e. The summed E-state index contributed by atoms with van der Waals surface area (Å²) in [5, 5.41) is 5.72. The molecule has 7 nitrogen and oxygen atoms in total. The number of nitrogens with two attached hydrogens (primary N) is 1. The molecule has 0 aliphatic heterocycles. The molecule has 8 heteroatoms. The zero-order chi connectivity index (χ0) is 24.3. The lowest BCUT2D eigenvalue weighted by molar-refractivity contribution is -0.128. The molecule has 0 heterocycles. The Balaban J connectivity index is 1.70. The summed E-state index contributed by atoms with van der Waals surface area (Å²) >= 11 is 6.20. The predicted molar refractivity (Wildman–Crippen MR) is 130 cm³/mol. The molecule has 3 aromatic carbocycles. The number of amides is 3. The summed E-state index contributed by atoms with van der Waals surface area (Å²) in [7, 11) is 0. The van der Waals surface area contributed by atoms with Crippen LogP contribution in [0, 0.1) is 0 Å². The number of carbonyl (C=O) groups is 3. The van der Waals surface area contributed by atoms with Crippen LogP contribution in [0.1, 0.15) is 16.7 Å². The van der Waals surface area contributed by atoms with Crippen molar-refractivity contribution >= 4 is 29.5 Å². The summed E-state index contributed by atoms with van der Waals surface area (Å²) in [6.45, 7) is 0.0583. The van der Waals surface area contributed by atoms with Crippen LogP contribution in [0.3, 0.4) is 0 Å². The average Bonchev–Trinajstić information content (AvgIpc) is 2.84. The Labute approximate surface area is 203 Å². The number of primary amides is 1. The van der Waals surface area contributed by atoms with E-state index in [1.165, 1.54) is 0 Å². The molecule has 34 heavy (non-hydrogen) atoms. The van der Waals surface area contributed by atoms with Crippen molar-refractivity contribution in [3.63, 3.8) is 0 Å². The fraction of sp³-hybridized carbons (Fsp3) is 0.192. The third kappa shape index (κ3) is 7.64. The first-order chi connectivity index (χ1) is 16.4. The van der Waals surface area contributed by atoms with E-state index < -0.39 is 30.0 Å². The van der Waals surface area contributed by atoms with Crippen molar-refractivity contribution in [1.29, 1.82) is 0 Å². The number of hydrogen-bond donors (Lipinski definition) is 3. The molecule has 0 spiro atoms. The number of ether oxygens (including phenoxy) is 1. The fourth-order valence-electron chi connectivity index (χ4n) is 3.35. The van der Waals surface area contributed by atoms with Crippen LogP contribution in [0.2, 0.25) is 5.02 Å². The van der Waals surface area contributed by atoms with Crippen LogP contribution in [-0.4, -0.2) is 30.0 Å². The van der Waals surface area contributed by atoms with Gasteiger partial charge in [0.25, 0.3) is 0 Å². The highest BCUT2D eigenvalue weighted by Gasteiger charge is 2.27. The second-order valence-corrected chi connectivity index (χ2v) is 8.11. The van der Waals surface area contributed by atoms with Crippen LogP contribution in [0.15, 0.2) is 84.9 Å². The zero-order valence-corrected chi connectivity index (χ0v) is 19.2. The summed E-state index contributed by atoms with van der Waals surface area (Å²) in [5.41, 5.74) is 7.85. The normalized spacial score (nSPS) is 12.3. The molecule has 3 rings (SSSR count). The van der Waals surface area contributed by atoms with Crippen LogP contribution in [0.4, 0.5) is 4.79 Å². The molecular formula is C26H26ClN3O4. The zero-order valence-electron chi connectivity index (χ0n) is 18.4. The minimum Gasteiger partial charge on any atom is -0.445 e. The molecule has 0 aromatic heterocycles. The minimum atomic E-state index is -1.01. The predicted octanol–water partition coefficient (Wildman–Crippen LogP) is 3.39. The molecule has 4 N–H and O–H groups in total. The maximum atomic E-state index is 13.1. The Kier molecular flexibility index (Phi) is 9.05. The van der Waals surface area contributed by atoms with Crippen LogP contribution in [0.5, 0.6) is 0 Å². The Morgan fingerprint density at radius 2 is 1.35 bits per heavy atom. The first-order valence-electron chi connectivity index (χ1n) is 10.8. The van der Waals surface area contributed by atoms with Crippen LogP contribution in [0.25, 0.3) is 0 Å². The highest BCUT2D eigenvalue weighted by atomic mass is 35.5. The van der Waals surface area contributed by atoms with Crippen molar-refractivity contribution in [3.05, 3.63) is 107 Å². The van der Waals surface area contributed by atoms with Crippen molar-refractivity contribution in [2.24, 2.45) is 5.73 Å². The Morgan fingerprint density at radius 1 is 0.765 bits per heavy atom. The highest BCUT2D eigenvalue weighted by Crippen LogP contribution is 2.17. The number of benzene rings is 3. The van der Waals surface area contributed by atoms with E-state index in [9.17, 15) is 14.4 Å². The van der Waals surface area contributed by atoms with E-state index in [4.69, 9.17) is 22.1 Å². The molecule has 176 valence electrons. The molecule has 0 radical (unpaired) electrons. The van der Waals surface area contributed by atoms with Gasteiger partial charge in [-0.25, -0.2) is 4.79 Å². The Morgan fingerprint density at radius 3 is 1.97 bits per heavy atom. The van der Waals surface area contributed by atoms with E-state index >= 15 is 0 Å². The van der Waals surface area contributed by atoms with Gasteiger partial charge in [0.2, 0.25) is 11.8 Å². The van der Waals surface area contributed by atoms with E-state index in [0.717, 1.165) is 11.1 Å². The topological polar surface area (TPSA) is 111 Å². The summed E-state index contributed by atoms with van der Waals surface area (Å²) in [4.78, 5) is 37.6. The summed E-state index contributed by atoms with van der Waals surface area (Å²) < 4.78 is 5.27. The number of halogens is 1. The van der Waals surface area contributed by atoms with Gasteiger partial charge >= 0.3 is 6.09 Å². The lowest BCUT2D eigenvalue weighted by atomic mass is 10.0. The molecule has 0 saturated carbocycles. The molecule has 3 aromatic rings. The molecule has 3 amide bonds. The Bertz CT molecular complexity index is 1110. The van der Waals surface area contributed by atoms with E-state index in [1.54, 1.807) is 24.3 Å². The second-order valence-electron chi connectivity index (χ2n) is 7.71. The number of rotatable bonds is 10. The van der Waals surface area contributed by atoms with Crippen molar-refractivity contribution in [2.45, 2.75) is 31.5 Å². The number of nitrogens with one attached hydrogen (secondary N) is 2. The van der Waals surface area contributed by atoms with Crippen molar-refractivity contribution in [1.82, 2.24) is 10.6 Å². The molecular weight excluding hydrogens is 454 g/mol. The van der Waals surface area contributed by atoms with Gasteiger partial charge in [0.15, 0.2) is 0 Å². The van der Waals surface area contributed by atoms with E-state index in [0.29, 0.717) is 10.6 Å².